The number of aromatic carboxylic acids is 1. The van der Waals surface area contributed by atoms with E-state index in [2.05, 4.69) is 27.7 Å². The first-order valence-corrected chi connectivity index (χ1v) is 8.20. The fourth-order valence-electron chi connectivity index (χ4n) is 2.70. The zero-order valence-electron chi connectivity index (χ0n) is 14.5. The zero-order valence-corrected chi connectivity index (χ0v) is 14.5. The van der Waals surface area contributed by atoms with Crippen molar-refractivity contribution < 1.29 is 19.5 Å². The van der Waals surface area contributed by atoms with Crippen LogP contribution >= 0.6 is 0 Å². The number of quaternary nitrogens is 1. The van der Waals surface area contributed by atoms with Gasteiger partial charge in [0.15, 0.2) is 0 Å². The minimum atomic E-state index is -0.960. The van der Waals surface area contributed by atoms with Gasteiger partial charge in [0.2, 0.25) is 0 Å². The second-order valence-corrected chi connectivity index (χ2v) is 5.64. The lowest BCUT2D eigenvalue weighted by Gasteiger charge is -2.34. The van der Waals surface area contributed by atoms with Crippen LogP contribution in [-0.2, 0) is 0 Å². The Bertz CT molecular complexity index is 631. The Morgan fingerprint density at radius 3 is 1.83 bits per heavy atom. The molecular weight excluding hydrogens is 290 g/mol. The van der Waals surface area contributed by atoms with Gasteiger partial charge >= 0.3 is 5.97 Å². The molecule has 2 aromatic rings. The second-order valence-electron chi connectivity index (χ2n) is 5.64. The van der Waals surface area contributed by atoms with E-state index in [-0.39, 0.29) is 11.3 Å². The summed E-state index contributed by atoms with van der Waals surface area (Å²) >= 11 is 0. The van der Waals surface area contributed by atoms with Gasteiger partial charge in [0.05, 0.1) is 31.7 Å². The van der Waals surface area contributed by atoms with Gasteiger partial charge in [-0.2, -0.15) is 0 Å². The Balaban J connectivity index is 0.000000257. The molecule has 2 aromatic carbocycles. The third-order valence-electron chi connectivity index (χ3n) is 4.74. The van der Waals surface area contributed by atoms with Crippen LogP contribution < -0.4 is 5.11 Å². The quantitative estimate of drug-likeness (QED) is 0.859. The number of hydrogen-bond acceptors (Lipinski definition) is 2. The topological polar surface area (TPSA) is 60.4 Å². The van der Waals surface area contributed by atoms with Crippen molar-refractivity contribution in [3.05, 3.63) is 42.0 Å². The van der Waals surface area contributed by atoms with Crippen molar-refractivity contribution in [2.45, 2.75) is 27.7 Å². The molecule has 0 atom stereocenters. The van der Waals surface area contributed by atoms with Crippen molar-refractivity contribution in [3.8, 4) is 5.75 Å². The molecule has 0 saturated carbocycles. The zero-order chi connectivity index (χ0) is 17.5. The van der Waals surface area contributed by atoms with E-state index in [1.54, 1.807) is 18.2 Å². The van der Waals surface area contributed by atoms with Crippen molar-refractivity contribution in [1.29, 1.82) is 0 Å². The predicted molar refractivity (Wildman–Crippen MR) is 92.8 cm³/mol. The minimum Gasteiger partial charge on any atom is -0.872 e. The van der Waals surface area contributed by atoms with Crippen LogP contribution in [0.4, 0.5) is 0 Å². The SMILES string of the molecule is CC[N+](CC)(CC)CC.O=C(O)c1ccc2cc([O-])ccc2c1. The molecule has 0 aromatic heterocycles. The highest BCUT2D eigenvalue weighted by atomic mass is 16.4. The monoisotopic (exact) mass is 317 g/mol. The summed E-state index contributed by atoms with van der Waals surface area (Å²) in [6.07, 6.45) is 0. The molecular formula is C19H27NO3. The van der Waals surface area contributed by atoms with Crippen LogP contribution in [-0.4, -0.2) is 41.7 Å². The van der Waals surface area contributed by atoms with Crippen molar-refractivity contribution in [2.24, 2.45) is 0 Å². The lowest BCUT2D eigenvalue weighted by molar-refractivity contribution is -0.921. The largest absolute Gasteiger partial charge is 0.872 e. The summed E-state index contributed by atoms with van der Waals surface area (Å²) in [5.74, 6) is -1.03. The van der Waals surface area contributed by atoms with Gasteiger partial charge in [-0.3, -0.25) is 0 Å². The Labute approximate surface area is 138 Å². The van der Waals surface area contributed by atoms with Crippen molar-refractivity contribution in [2.75, 3.05) is 26.2 Å². The van der Waals surface area contributed by atoms with E-state index in [4.69, 9.17) is 5.11 Å². The van der Waals surface area contributed by atoms with E-state index < -0.39 is 5.97 Å². The number of carbonyl (C=O) groups is 1. The predicted octanol–water partition coefficient (Wildman–Crippen LogP) is 3.49. The molecule has 0 unspecified atom stereocenters. The van der Waals surface area contributed by atoms with E-state index in [0.717, 1.165) is 10.8 Å². The summed E-state index contributed by atoms with van der Waals surface area (Å²) < 4.78 is 1.28. The maximum atomic E-state index is 11.0. The van der Waals surface area contributed by atoms with E-state index in [9.17, 15) is 9.90 Å². The second kappa shape index (κ2) is 8.53. The fraction of sp³-hybridized carbons (Fsp3) is 0.421. The van der Waals surface area contributed by atoms with E-state index in [1.165, 1.54) is 48.9 Å². The number of nitrogens with zero attached hydrogens (tertiary/aromatic N) is 1. The highest BCUT2D eigenvalue weighted by Crippen LogP contribution is 2.19. The number of hydrogen-bond donors (Lipinski definition) is 1. The minimum absolute atomic E-state index is 0.0689. The third-order valence-corrected chi connectivity index (χ3v) is 4.74. The molecule has 0 radical (unpaired) electrons. The average Bonchev–Trinajstić information content (AvgIpc) is 2.57. The van der Waals surface area contributed by atoms with E-state index in [0.29, 0.717) is 0 Å². The third kappa shape index (κ3) is 4.96. The molecule has 0 fully saturated rings. The normalized spacial score (nSPS) is 11.0. The molecule has 126 valence electrons. The van der Waals surface area contributed by atoms with Gasteiger partial charge in [0.25, 0.3) is 0 Å². The van der Waals surface area contributed by atoms with Gasteiger partial charge in [-0.1, -0.05) is 24.3 Å². The summed E-state index contributed by atoms with van der Waals surface area (Å²) in [5, 5.41) is 21.3. The summed E-state index contributed by atoms with van der Waals surface area (Å²) in [7, 11) is 0. The highest BCUT2D eigenvalue weighted by molar-refractivity contribution is 5.94. The van der Waals surface area contributed by atoms with Gasteiger partial charge < -0.3 is 14.7 Å². The maximum Gasteiger partial charge on any atom is 0.335 e. The first-order valence-electron chi connectivity index (χ1n) is 8.20. The Morgan fingerprint density at radius 1 is 0.913 bits per heavy atom. The lowest BCUT2D eigenvalue weighted by atomic mass is 10.1. The van der Waals surface area contributed by atoms with Gasteiger partial charge in [-0.05, 0) is 50.6 Å². The fourth-order valence-corrected chi connectivity index (χ4v) is 2.70. The summed E-state index contributed by atoms with van der Waals surface area (Å²) in [4.78, 5) is 10.6. The van der Waals surface area contributed by atoms with Gasteiger partial charge in [-0.25, -0.2) is 4.79 Å². The lowest BCUT2D eigenvalue weighted by Crippen LogP contribution is -2.47. The molecule has 0 aliphatic rings. The van der Waals surface area contributed by atoms with Gasteiger partial charge in [0.1, 0.15) is 0 Å². The van der Waals surface area contributed by atoms with Crippen LogP contribution in [0.1, 0.15) is 38.1 Å². The summed E-state index contributed by atoms with van der Waals surface area (Å²) in [6, 6.07) is 9.22. The molecule has 0 aliphatic carbocycles. The van der Waals surface area contributed by atoms with Crippen molar-refractivity contribution in [3.63, 3.8) is 0 Å². The van der Waals surface area contributed by atoms with Crippen LogP contribution in [0.3, 0.4) is 0 Å². The summed E-state index contributed by atoms with van der Waals surface area (Å²) in [5.41, 5.74) is 0.233. The van der Waals surface area contributed by atoms with Gasteiger partial charge in [0, 0.05) is 0 Å². The number of carboxylic acid groups (broad SMARTS) is 1. The first-order chi connectivity index (χ1) is 10.9. The maximum absolute atomic E-state index is 11.0. The van der Waals surface area contributed by atoms with Crippen LogP contribution in [0.5, 0.6) is 5.75 Å². The molecule has 2 rings (SSSR count). The molecule has 0 saturated heterocycles. The Hall–Kier alpha value is -2.07. The van der Waals surface area contributed by atoms with Crippen molar-refractivity contribution >= 4 is 16.7 Å². The first kappa shape index (κ1) is 19.0. The molecule has 23 heavy (non-hydrogen) atoms. The molecule has 4 nitrogen and oxygen atoms in total. The van der Waals surface area contributed by atoms with Crippen molar-refractivity contribution in [1.82, 2.24) is 0 Å². The van der Waals surface area contributed by atoms with E-state index >= 15 is 0 Å². The summed E-state index contributed by atoms with van der Waals surface area (Å²) in [6.45, 7) is 14.2. The van der Waals surface area contributed by atoms with Crippen LogP contribution in [0.25, 0.3) is 10.8 Å². The average molecular weight is 317 g/mol. The van der Waals surface area contributed by atoms with Crippen LogP contribution in [0, 0.1) is 0 Å². The van der Waals surface area contributed by atoms with E-state index in [1.807, 2.05) is 0 Å². The van der Waals surface area contributed by atoms with Crippen LogP contribution in [0.2, 0.25) is 0 Å². The molecule has 0 aliphatic heterocycles. The molecule has 0 amide bonds. The molecule has 0 spiro atoms. The molecule has 1 N–H and O–H groups in total. The number of fused-ring (bicyclic) bond motifs is 1. The smallest absolute Gasteiger partial charge is 0.335 e. The Morgan fingerprint density at radius 2 is 1.39 bits per heavy atom. The number of benzene rings is 2. The molecule has 4 heteroatoms. The van der Waals surface area contributed by atoms with Crippen LogP contribution in [0.15, 0.2) is 36.4 Å². The van der Waals surface area contributed by atoms with Gasteiger partial charge in [-0.15, -0.1) is 5.75 Å². The highest BCUT2D eigenvalue weighted by Gasteiger charge is 2.16. The molecule has 0 bridgehead atoms. The number of carboxylic acids is 1. The number of rotatable bonds is 5. The molecule has 0 heterocycles. The standard InChI is InChI=1S/C11H8O3.C8H20N/c12-10-4-3-7-5-9(11(13)14)2-1-8(7)6-10;1-5-9(6-2,7-3)8-4/h1-6,12H,(H,13,14);5-8H2,1-4H3/q;+1/p-1. The Kier molecular flexibility index (Phi) is 7.04.